The lowest BCUT2D eigenvalue weighted by atomic mass is 9.70. The Kier molecular flexibility index (Phi) is 2.22. The number of allylic oxidation sites excluding steroid dienone is 2. The lowest BCUT2D eigenvalue weighted by molar-refractivity contribution is 0.111. The average molecular weight is 165 g/mol. The van der Waals surface area contributed by atoms with Crippen LogP contribution in [0.25, 0.3) is 0 Å². The summed E-state index contributed by atoms with van der Waals surface area (Å²) in [5.41, 5.74) is 0.710. The molecule has 1 heteroatoms. The Bertz CT molecular complexity index is 175. The van der Waals surface area contributed by atoms with Crippen molar-refractivity contribution >= 4 is 0 Å². The molecule has 0 saturated carbocycles. The molecule has 1 nitrogen and oxygen atoms in total. The molecule has 1 aliphatic heterocycles. The molecule has 1 spiro atoms. The van der Waals surface area contributed by atoms with Crippen molar-refractivity contribution in [2.24, 2.45) is 5.41 Å². The first-order valence-electron chi connectivity index (χ1n) is 5.14. The van der Waals surface area contributed by atoms with E-state index in [4.69, 9.17) is 0 Å². The topological polar surface area (TPSA) is 3.24 Å². The van der Waals surface area contributed by atoms with E-state index in [0.29, 0.717) is 5.41 Å². The van der Waals surface area contributed by atoms with E-state index >= 15 is 0 Å². The molecule has 0 bridgehead atoms. The summed E-state index contributed by atoms with van der Waals surface area (Å²) >= 11 is 0. The first-order chi connectivity index (χ1) is 5.81. The van der Waals surface area contributed by atoms with Crippen LogP contribution in [0.5, 0.6) is 0 Å². The second-order valence-electron chi connectivity index (χ2n) is 4.52. The van der Waals surface area contributed by atoms with Crippen LogP contribution >= 0.6 is 0 Å². The van der Waals surface area contributed by atoms with E-state index in [1.807, 2.05) is 0 Å². The quantitative estimate of drug-likeness (QED) is 0.498. The SMILES string of the molecule is CN1CCC2(CC=CCC2)CC1. The van der Waals surface area contributed by atoms with Gasteiger partial charge in [-0.1, -0.05) is 12.2 Å². The fourth-order valence-electron chi connectivity index (χ4n) is 2.49. The molecule has 1 fully saturated rings. The third-order valence-corrected chi connectivity index (χ3v) is 3.61. The van der Waals surface area contributed by atoms with Crippen LogP contribution in [0.15, 0.2) is 12.2 Å². The van der Waals surface area contributed by atoms with Gasteiger partial charge in [-0.05, 0) is 57.7 Å². The number of hydrogen-bond acceptors (Lipinski definition) is 1. The minimum absolute atomic E-state index is 0.710. The standard InChI is InChI=1S/C11H19N/c1-12-9-7-11(8-10-12)5-3-2-4-6-11/h2-3H,4-10H2,1H3. The molecule has 0 unspecified atom stereocenters. The lowest BCUT2D eigenvalue weighted by Gasteiger charge is -2.41. The number of likely N-dealkylation sites (tertiary alicyclic amines) is 1. The van der Waals surface area contributed by atoms with Crippen molar-refractivity contribution in [3.05, 3.63) is 12.2 Å². The van der Waals surface area contributed by atoms with Crippen LogP contribution in [0.3, 0.4) is 0 Å². The predicted molar refractivity (Wildman–Crippen MR) is 52.2 cm³/mol. The molecule has 2 aliphatic rings. The Balaban J connectivity index is 1.98. The predicted octanol–water partition coefficient (Wildman–Crippen LogP) is 2.44. The van der Waals surface area contributed by atoms with E-state index in [1.54, 1.807) is 0 Å². The van der Waals surface area contributed by atoms with Crippen LogP contribution in [0.4, 0.5) is 0 Å². The normalized spacial score (nSPS) is 29.4. The van der Waals surface area contributed by atoms with E-state index in [2.05, 4.69) is 24.1 Å². The Morgan fingerprint density at radius 3 is 2.42 bits per heavy atom. The van der Waals surface area contributed by atoms with E-state index < -0.39 is 0 Å². The molecule has 0 radical (unpaired) electrons. The number of nitrogens with zero attached hydrogens (tertiary/aromatic N) is 1. The van der Waals surface area contributed by atoms with Crippen LogP contribution in [0.2, 0.25) is 0 Å². The zero-order valence-corrected chi connectivity index (χ0v) is 8.05. The summed E-state index contributed by atoms with van der Waals surface area (Å²) in [5.74, 6) is 0. The minimum Gasteiger partial charge on any atom is -0.306 e. The third-order valence-electron chi connectivity index (χ3n) is 3.61. The number of hydrogen-bond donors (Lipinski definition) is 0. The summed E-state index contributed by atoms with van der Waals surface area (Å²) in [5, 5.41) is 0. The fourth-order valence-corrected chi connectivity index (χ4v) is 2.49. The maximum absolute atomic E-state index is 2.46. The van der Waals surface area contributed by atoms with Crippen molar-refractivity contribution in [1.29, 1.82) is 0 Å². The molecular weight excluding hydrogens is 146 g/mol. The summed E-state index contributed by atoms with van der Waals surface area (Å²) in [6, 6.07) is 0. The number of piperidine rings is 1. The monoisotopic (exact) mass is 165 g/mol. The van der Waals surface area contributed by atoms with Gasteiger partial charge in [0.15, 0.2) is 0 Å². The van der Waals surface area contributed by atoms with Crippen LogP contribution < -0.4 is 0 Å². The van der Waals surface area contributed by atoms with Gasteiger partial charge in [0.25, 0.3) is 0 Å². The van der Waals surface area contributed by atoms with Gasteiger partial charge in [-0.3, -0.25) is 0 Å². The average Bonchev–Trinajstić information content (AvgIpc) is 2.13. The van der Waals surface area contributed by atoms with Crippen molar-refractivity contribution < 1.29 is 0 Å². The smallest absolute Gasteiger partial charge is 0.00164 e. The summed E-state index contributed by atoms with van der Waals surface area (Å²) in [6.45, 7) is 2.63. The van der Waals surface area contributed by atoms with Crippen molar-refractivity contribution in [3.63, 3.8) is 0 Å². The molecule has 0 aromatic rings. The fraction of sp³-hybridized carbons (Fsp3) is 0.818. The molecule has 1 aliphatic carbocycles. The van der Waals surface area contributed by atoms with Crippen LogP contribution in [-0.4, -0.2) is 25.0 Å². The zero-order valence-electron chi connectivity index (χ0n) is 8.05. The van der Waals surface area contributed by atoms with E-state index in [-0.39, 0.29) is 0 Å². The maximum atomic E-state index is 2.46. The summed E-state index contributed by atoms with van der Waals surface area (Å²) in [7, 11) is 2.24. The Hall–Kier alpha value is -0.300. The van der Waals surface area contributed by atoms with Gasteiger partial charge < -0.3 is 4.90 Å². The second kappa shape index (κ2) is 3.21. The van der Waals surface area contributed by atoms with Crippen molar-refractivity contribution in [3.8, 4) is 0 Å². The third kappa shape index (κ3) is 1.56. The largest absolute Gasteiger partial charge is 0.306 e. The van der Waals surface area contributed by atoms with Gasteiger partial charge in [-0.15, -0.1) is 0 Å². The highest BCUT2D eigenvalue weighted by molar-refractivity contribution is 4.99. The van der Waals surface area contributed by atoms with Gasteiger partial charge in [-0.25, -0.2) is 0 Å². The highest BCUT2D eigenvalue weighted by atomic mass is 15.1. The van der Waals surface area contributed by atoms with Gasteiger partial charge in [0, 0.05) is 0 Å². The van der Waals surface area contributed by atoms with Gasteiger partial charge in [0.2, 0.25) is 0 Å². The molecule has 12 heavy (non-hydrogen) atoms. The van der Waals surface area contributed by atoms with Crippen molar-refractivity contribution in [2.75, 3.05) is 20.1 Å². The minimum atomic E-state index is 0.710. The number of rotatable bonds is 0. The Morgan fingerprint density at radius 1 is 1.08 bits per heavy atom. The molecular formula is C11H19N. The van der Waals surface area contributed by atoms with Gasteiger partial charge in [-0.2, -0.15) is 0 Å². The van der Waals surface area contributed by atoms with Crippen LogP contribution in [-0.2, 0) is 0 Å². The molecule has 1 heterocycles. The molecule has 0 aromatic heterocycles. The van der Waals surface area contributed by atoms with Crippen LogP contribution in [0.1, 0.15) is 32.1 Å². The van der Waals surface area contributed by atoms with Gasteiger partial charge in [0.1, 0.15) is 0 Å². The van der Waals surface area contributed by atoms with Crippen LogP contribution in [0, 0.1) is 5.41 Å². The van der Waals surface area contributed by atoms with E-state index in [9.17, 15) is 0 Å². The van der Waals surface area contributed by atoms with E-state index in [1.165, 1.54) is 45.2 Å². The zero-order chi connectivity index (χ0) is 8.44. The summed E-state index contributed by atoms with van der Waals surface area (Å²) in [4.78, 5) is 2.46. The summed E-state index contributed by atoms with van der Waals surface area (Å²) in [6.07, 6.45) is 11.7. The van der Waals surface area contributed by atoms with Gasteiger partial charge in [0.05, 0.1) is 0 Å². The van der Waals surface area contributed by atoms with Crippen molar-refractivity contribution in [2.45, 2.75) is 32.1 Å². The van der Waals surface area contributed by atoms with Gasteiger partial charge >= 0.3 is 0 Å². The molecule has 0 N–H and O–H groups in total. The van der Waals surface area contributed by atoms with Crippen molar-refractivity contribution in [1.82, 2.24) is 4.90 Å². The Morgan fingerprint density at radius 2 is 1.83 bits per heavy atom. The molecule has 2 rings (SSSR count). The molecule has 68 valence electrons. The highest BCUT2D eigenvalue weighted by Gasteiger charge is 2.32. The molecule has 0 aromatic carbocycles. The Labute approximate surface area is 75.4 Å². The second-order valence-corrected chi connectivity index (χ2v) is 4.52. The first kappa shape index (κ1) is 8.31. The molecule has 1 saturated heterocycles. The molecule has 0 atom stereocenters. The highest BCUT2D eigenvalue weighted by Crippen LogP contribution is 2.41. The van der Waals surface area contributed by atoms with E-state index in [0.717, 1.165) is 0 Å². The summed E-state index contributed by atoms with van der Waals surface area (Å²) < 4.78 is 0. The molecule has 0 amide bonds. The lowest BCUT2D eigenvalue weighted by Crippen LogP contribution is -2.38. The maximum Gasteiger partial charge on any atom is -0.00164 e. The first-order valence-corrected chi connectivity index (χ1v) is 5.14.